The van der Waals surface area contributed by atoms with E-state index in [1.54, 1.807) is 0 Å². The molecule has 474 valence electrons. The minimum Gasteiger partial charge on any atom is -0.311 e. The first kappa shape index (κ1) is 60.6. The summed E-state index contributed by atoms with van der Waals surface area (Å²) in [4.78, 5) is 5.31. The van der Waals surface area contributed by atoms with Gasteiger partial charge in [0.2, 0.25) is 0 Å². The van der Waals surface area contributed by atoms with Crippen LogP contribution in [0.3, 0.4) is 0 Å². The minimum absolute atomic E-state index is 0.235. The Kier molecular flexibility index (Phi) is 14.9. The third-order valence-corrected chi connectivity index (χ3v) is 31.1. The largest absolute Gasteiger partial charge is 0.311 e. The van der Waals surface area contributed by atoms with Crippen LogP contribution in [-0.4, -0.2) is 27.4 Å². The average Bonchev–Trinajstić information content (AvgIpc) is 0.752. The summed E-state index contributed by atoms with van der Waals surface area (Å²) in [5.74, 6) is 0. The zero-order chi connectivity index (χ0) is 67.1. The fourth-order valence-corrected chi connectivity index (χ4v) is 26.4. The van der Waals surface area contributed by atoms with E-state index in [2.05, 4.69) is 406 Å². The lowest BCUT2D eigenvalue weighted by Crippen LogP contribution is -2.75. The lowest BCUT2D eigenvalue weighted by molar-refractivity contribution is 1.16. The number of para-hydroxylation sites is 4. The smallest absolute Gasteiger partial charge is 0.252 e. The Hall–Kier alpha value is -11.8. The number of aryl methyl sites for hydroxylation is 4. The molecular weight excluding hydrogens is 1240 g/mol. The van der Waals surface area contributed by atoms with Gasteiger partial charge in [-0.2, -0.15) is 0 Å². The molecule has 0 bridgehead atoms. The average molecular weight is 1310 g/mol. The first-order chi connectivity index (χ1) is 49.2. The molecule has 3 heterocycles. The van der Waals surface area contributed by atoms with Gasteiger partial charge in [0.05, 0.1) is 22.4 Å². The lowest BCUT2D eigenvalue weighted by Gasteiger charge is -2.46. The van der Waals surface area contributed by atoms with E-state index in [0.717, 1.165) is 61.8 Å². The molecule has 2 aliphatic heterocycles. The fourth-order valence-electron chi connectivity index (χ4n) is 17.0. The molecule has 15 aromatic carbocycles. The molecule has 0 radical (unpaired) electrons. The molecule has 0 amide bonds. The van der Waals surface area contributed by atoms with E-state index in [4.69, 9.17) is 0 Å². The maximum atomic E-state index is 2.68. The van der Waals surface area contributed by atoms with Crippen LogP contribution in [0.25, 0.3) is 49.7 Å². The predicted octanol–water partition coefficient (Wildman–Crippen LogP) is 16.2. The second-order valence-electron chi connectivity index (χ2n) is 27.4. The van der Waals surface area contributed by atoms with Crippen LogP contribution in [0.4, 0.5) is 34.1 Å². The second-order valence-corrected chi connectivity index (χ2v) is 35.0. The summed E-state index contributed by atoms with van der Waals surface area (Å²) in [6.07, 6.45) is 0. The Morgan fingerprint density at radius 2 is 0.630 bits per heavy atom. The molecule has 0 N–H and O–H groups in total. The van der Waals surface area contributed by atoms with Gasteiger partial charge in [-0.05, 0) is 145 Å². The van der Waals surface area contributed by atoms with Crippen molar-refractivity contribution in [2.24, 2.45) is 0 Å². The first-order valence-corrected chi connectivity index (χ1v) is 39.0. The lowest BCUT2D eigenvalue weighted by atomic mass is 9.33. The van der Waals surface area contributed by atoms with Crippen LogP contribution in [0.2, 0.25) is 0 Å². The monoisotopic (exact) mass is 1310 g/mol. The Morgan fingerprint density at radius 1 is 0.250 bits per heavy atom. The highest BCUT2D eigenvalue weighted by Gasteiger charge is 2.49. The van der Waals surface area contributed by atoms with Crippen molar-refractivity contribution in [3.8, 4) is 27.9 Å². The number of aromatic nitrogens is 1. The molecule has 0 aliphatic carbocycles. The van der Waals surface area contributed by atoms with Gasteiger partial charge in [-0.3, -0.25) is 0 Å². The van der Waals surface area contributed by atoms with Gasteiger partial charge >= 0.3 is 0 Å². The highest BCUT2D eigenvalue weighted by atomic mass is 28.3. The van der Waals surface area contributed by atoms with Gasteiger partial charge < -0.3 is 14.4 Å². The van der Waals surface area contributed by atoms with E-state index in [1.807, 2.05) is 0 Å². The third kappa shape index (κ3) is 9.68. The van der Waals surface area contributed by atoms with Crippen LogP contribution in [0.5, 0.6) is 0 Å². The summed E-state index contributed by atoms with van der Waals surface area (Å²) in [6.45, 7) is 8.59. The van der Waals surface area contributed by atoms with Crippen molar-refractivity contribution in [3.05, 3.63) is 386 Å². The number of hydrogen-bond donors (Lipinski definition) is 0. The molecule has 2 aliphatic rings. The van der Waals surface area contributed by atoms with Crippen molar-refractivity contribution in [3.63, 3.8) is 0 Å². The van der Waals surface area contributed by atoms with E-state index >= 15 is 0 Å². The predicted molar refractivity (Wildman–Crippen MR) is 432 cm³/mol. The SMILES string of the molecule is Cc1ccc([Si](c2ccccc2)(c2ccc(C)cc2)c2ccc(N3c4ccc([Si](c5ccccc5)(c5ccc(C)cc5)c5ccc(C)cc5)cc4B4c5cccc(-c6ccccc6)c5N(c5ccccc5-c5ccccc5)c5cc(-n6c7ccccc7c7ccccc76)cc3c54)cc2)cc1. The molecular formula is C94H72BN3Si2. The molecule has 3 nitrogen and oxygen atoms in total. The minimum atomic E-state index is -3.16. The second kappa shape index (κ2) is 24.6. The Labute approximate surface area is 589 Å². The Morgan fingerprint density at radius 3 is 1.13 bits per heavy atom. The summed E-state index contributed by atoms with van der Waals surface area (Å²) < 4.78 is 2.53. The Balaban J connectivity index is 0.992. The zero-order valence-corrected chi connectivity index (χ0v) is 58.6. The van der Waals surface area contributed by atoms with E-state index in [-0.39, 0.29) is 6.71 Å². The Bertz CT molecular complexity index is 5600. The fraction of sp³-hybridized carbons (Fsp3) is 0.0426. The molecule has 0 spiro atoms. The van der Waals surface area contributed by atoms with Crippen LogP contribution in [-0.2, 0) is 0 Å². The molecule has 18 rings (SSSR count). The van der Waals surface area contributed by atoms with Crippen molar-refractivity contribution >= 4 is 137 Å². The molecule has 16 aromatic rings. The van der Waals surface area contributed by atoms with Gasteiger partial charge in [0.1, 0.15) is 0 Å². The van der Waals surface area contributed by atoms with E-state index in [0.29, 0.717) is 0 Å². The molecule has 6 heteroatoms. The zero-order valence-electron chi connectivity index (χ0n) is 56.6. The quantitative estimate of drug-likeness (QED) is 0.0842. The summed E-state index contributed by atoms with van der Waals surface area (Å²) >= 11 is 0. The van der Waals surface area contributed by atoms with Gasteiger partial charge in [-0.25, -0.2) is 0 Å². The maximum Gasteiger partial charge on any atom is 0.252 e. The van der Waals surface area contributed by atoms with E-state index in [1.165, 1.54) is 102 Å². The van der Waals surface area contributed by atoms with Gasteiger partial charge in [0, 0.05) is 50.3 Å². The first-order valence-electron chi connectivity index (χ1n) is 35.0. The summed E-state index contributed by atoms with van der Waals surface area (Å²) in [5, 5.41) is 13.2. The van der Waals surface area contributed by atoms with Gasteiger partial charge in [-0.15, -0.1) is 0 Å². The van der Waals surface area contributed by atoms with Crippen molar-refractivity contribution in [1.29, 1.82) is 0 Å². The molecule has 0 saturated heterocycles. The van der Waals surface area contributed by atoms with Gasteiger partial charge in [0.25, 0.3) is 6.71 Å². The van der Waals surface area contributed by atoms with E-state index in [9.17, 15) is 0 Å². The summed E-state index contributed by atoms with van der Waals surface area (Å²) in [7, 11) is -6.15. The molecule has 0 atom stereocenters. The molecule has 0 unspecified atom stereocenters. The van der Waals surface area contributed by atoms with Crippen molar-refractivity contribution in [2.75, 3.05) is 9.80 Å². The molecule has 0 fully saturated rings. The number of benzene rings is 15. The van der Waals surface area contributed by atoms with Crippen LogP contribution in [0, 0.1) is 27.7 Å². The number of anilines is 6. The van der Waals surface area contributed by atoms with Crippen molar-refractivity contribution in [1.82, 2.24) is 4.57 Å². The van der Waals surface area contributed by atoms with Crippen LogP contribution in [0.1, 0.15) is 22.3 Å². The molecule has 100 heavy (non-hydrogen) atoms. The van der Waals surface area contributed by atoms with Crippen LogP contribution in [0.15, 0.2) is 364 Å². The van der Waals surface area contributed by atoms with Gasteiger partial charge in [-0.1, -0.05) is 338 Å². The highest BCUT2D eigenvalue weighted by Crippen LogP contribution is 2.50. The van der Waals surface area contributed by atoms with Crippen LogP contribution >= 0.6 is 0 Å². The van der Waals surface area contributed by atoms with Crippen LogP contribution < -0.4 is 67.7 Å². The van der Waals surface area contributed by atoms with Gasteiger partial charge in [0.15, 0.2) is 16.1 Å². The van der Waals surface area contributed by atoms with Crippen molar-refractivity contribution < 1.29 is 0 Å². The number of rotatable bonds is 13. The molecule has 0 saturated carbocycles. The summed E-state index contributed by atoms with van der Waals surface area (Å²) in [6, 6.07) is 140. The number of fused-ring (bicyclic) bond motifs is 7. The normalized spacial score (nSPS) is 12.5. The molecule has 1 aromatic heterocycles. The standard InChI is InChI=1S/C94H72BN3Si2/c1-65-40-50-75(51-41-65)99(73-28-13-7-14-29-73,76-52-42-66(2)43-53-76)79-58-48-71(49-59-79)96-90-61-60-80(100(74-30-15-8-16-31-74,77-54-44-67(3)45-55-77)78-56-46-68(4)47-57-78)64-86(90)95-85-36-23-35-82(70-26-11-6-12-27-70)94(85)98(87-37-20-17-32-81(87)69-24-9-5-10-25-69)92-63-72(62-91(96)93(92)95)97-88-38-21-18-33-83(88)84-34-19-22-39-89(84)97/h5-64H,1-4H3. The highest BCUT2D eigenvalue weighted by molar-refractivity contribution is 7.20. The number of nitrogens with zero attached hydrogens (tertiary/aromatic N) is 3. The summed E-state index contributed by atoms with van der Waals surface area (Å²) in [5.41, 5.74) is 23.6. The van der Waals surface area contributed by atoms with Crippen molar-refractivity contribution in [2.45, 2.75) is 27.7 Å². The topological polar surface area (TPSA) is 11.4 Å². The third-order valence-electron chi connectivity index (χ3n) is 21.6. The van der Waals surface area contributed by atoms with E-state index < -0.39 is 16.1 Å². The maximum absolute atomic E-state index is 3.16. The number of hydrogen-bond acceptors (Lipinski definition) is 2.